The van der Waals surface area contributed by atoms with Crippen LogP contribution in [0.2, 0.25) is 10.0 Å². The highest BCUT2D eigenvalue weighted by atomic mass is 35.5. The number of rotatable bonds is 3. The Labute approximate surface area is 154 Å². The summed E-state index contributed by atoms with van der Waals surface area (Å²) in [6.45, 7) is 2.25. The first-order chi connectivity index (χ1) is 12.0. The SMILES string of the molecule is Cc1[nH]c(=O)c(NCc2nc3c(Cl)ccc(Cl)c3o2)c2c1CCCC2. The highest BCUT2D eigenvalue weighted by Gasteiger charge is 2.19. The number of nitrogens with one attached hydrogen (secondary N) is 2. The number of fused-ring (bicyclic) bond motifs is 2. The number of hydrogen-bond acceptors (Lipinski definition) is 4. The molecular formula is C18H17Cl2N3O2. The van der Waals surface area contributed by atoms with E-state index in [2.05, 4.69) is 15.3 Å². The van der Waals surface area contributed by atoms with Gasteiger partial charge in [-0.15, -0.1) is 0 Å². The first-order valence-electron chi connectivity index (χ1n) is 8.26. The fraction of sp³-hybridized carbons (Fsp3) is 0.333. The van der Waals surface area contributed by atoms with Gasteiger partial charge in [0.1, 0.15) is 11.2 Å². The zero-order valence-corrected chi connectivity index (χ0v) is 15.2. The van der Waals surface area contributed by atoms with E-state index in [1.165, 1.54) is 5.56 Å². The van der Waals surface area contributed by atoms with Gasteiger partial charge in [-0.3, -0.25) is 4.79 Å². The number of halogens is 2. The summed E-state index contributed by atoms with van der Waals surface area (Å²) in [6, 6.07) is 3.36. The van der Waals surface area contributed by atoms with Crippen LogP contribution in [0.5, 0.6) is 0 Å². The van der Waals surface area contributed by atoms with E-state index in [0.29, 0.717) is 39.3 Å². The quantitative estimate of drug-likeness (QED) is 0.698. The van der Waals surface area contributed by atoms with Gasteiger partial charge < -0.3 is 14.7 Å². The van der Waals surface area contributed by atoms with E-state index in [-0.39, 0.29) is 5.56 Å². The van der Waals surface area contributed by atoms with Crippen molar-refractivity contribution in [1.82, 2.24) is 9.97 Å². The zero-order valence-electron chi connectivity index (χ0n) is 13.7. The van der Waals surface area contributed by atoms with E-state index in [9.17, 15) is 4.79 Å². The van der Waals surface area contributed by atoms with E-state index in [1.54, 1.807) is 12.1 Å². The van der Waals surface area contributed by atoms with Gasteiger partial charge in [0.25, 0.3) is 5.56 Å². The van der Waals surface area contributed by atoms with E-state index in [0.717, 1.165) is 36.9 Å². The third-order valence-electron chi connectivity index (χ3n) is 4.66. The molecule has 3 aromatic rings. The monoisotopic (exact) mass is 377 g/mol. The predicted molar refractivity (Wildman–Crippen MR) is 99.8 cm³/mol. The first kappa shape index (κ1) is 16.5. The number of anilines is 1. The zero-order chi connectivity index (χ0) is 17.6. The van der Waals surface area contributed by atoms with Crippen LogP contribution in [0.15, 0.2) is 21.3 Å². The fourth-order valence-corrected chi connectivity index (χ4v) is 3.84. The second-order valence-electron chi connectivity index (χ2n) is 6.29. The number of nitrogens with zero attached hydrogens (tertiary/aromatic N) is 1. The van der Waals surface area contributed by atoms with Crippen molar-refractivity contribution >= 4 is 40.0 Å². The molecule has 0 spiro atoms. The molecule has 0 radical (unpaired) electrons. The number of H-pyrrole nitrogens is 1. The molecule has 0 saturated heterocycles. The number of hydrogen-bond donors (Lipinski definition) is 2. The van der Waals surface area contributed by atoms with Crippen LogP contribution in [-0.4, -0.2) is 9.97 Å². The van der Waals surface area contributed by atoms with Crippen LogP contribution in [0.4, 0.5) is 5.69 Å². The maximum absolute atomic E-state index is 12.4. The molecule has 2 aromatic heterocycles. The maximum Gasteiger partial charge on any atom is 0.271 e. The largest absolute Gasteiger partial charge is 0.437 e. The Bertz CT molecular complexity index is 984. The molecule has 5 nitrogen and oxygen atoms in total. The van der Waals surface area contributed by atoms with Gasteiger partial charge in [0.05, 0.1) is 16.6 Å². The predicted octanol–water partition coefficient (Wildman–Crippen LogP) is 4.62. The summed E-state index contributed by atoms with van der Waals surface area (Å²) >= 11 is 12.3. The molecule has 1 aliphatic carbocycles. The molecule has 0 atom stereocenters. The summed E-state index contributed by atoms with van der Waals surface area (Å²) in [6.07, 6.45) is 4.16. The molecule has 1 aromatic carbocycles. The van der Waals surface area contributed by atoms with Crippen molar-refractivity contribution in [3.8, 4) is 0 Å². The number of benzene rings is 1. The minimum Gasteiger partial charge on any atom is -0.437 e. The average molecular weight is 378 g/mol. The minimum atomic E-state index is -0.106. The second kappa shape index (κ2) is 6.39. The van der Waals surface area contributed by atoms with Gasteiger partial charge in [-0.05, 0) is 55.9 Å². The summed E-state index contributed by atoms with van der Waals surface area (Å²) in [5.74, 6) is 0.439. The van der Waals surface area contributed by atoms with Gasteiger partial charge in [-0.2, -0.15) is 0 Å². The molecule has 2 heterocycles. The van der Waals surface area contributed by atoms with Gasteiger partial charge in [0, 0.05) is 5.69 Å². The number of oxazole rings is 1. The normalized spacial score (nSPS) is 13.9. The van der Waals surface area contributed by atoms with Crippen LogP contribution >= 0.6 is 23.2 Å². The Morgan fingerprint density at radius 1 is 1.20 bits per heavy atom. The fourth-order valence-electron chi connectivity index (χ4n) is 3.46. The van der Waals surface area contributed by atoms with Crippen molar-refractivity contribution in [2.45, 2.75) is 39.2 Å². The van der Waals surface area contributed by atoms with Crippen LogP contribution in [0.25, 0.3) is 11.1 Å². The molecule has 4 rings (SSSR count). The Balaban J connectivity index is 1.67. The highest BCUT2D eigenvalue weighted by molar-refractivity contribution is 6.39. The molecule has 2 N–H and O–H groups in total. The Kier molecular flexibility index (Phi) is 4.21. The second-order valence-corrected chi connectivity index (χ2v) is 7.10. The highest BCUT2D eigenvalue weighted by Crippen LogP contribution is 2.31. The third kappa shape index (κ3) is 2.92. The van der Waals surface area contributed by atoms with Crippen LogP contribution in [-0.2, 0) is 19.4 Å². The lowest BCUT2D eigenvalue weighted by molar-refractivity contribution is 0.540. The lowest BCUT2D eigenvalue weighted by Gasteiger charge is -2.21. The number of pyridine rings is 1. The van der Waals surface area contributed by atoms with Crippen molar-refractivity contribution in [1.29, 1.82) is 0 Å². The lowest BCUT2D eigenvalue weighted by atomic mass is 9.90. The Morgan fingerprint density at radius 3 is 2.68 bits per heavy atom. The molecule has 0 aliphatic heterocycles. The number of aromatic nitrogens is 2. The molecule has 0 unspecified atom stereocenters. The van der Waals surface area contributed by atoms with Crippen molar-refractivity contribution < 1.29 is 4.42 Å². The summed E-state index contributed by atoms with van der Waals surface area (Å²) in [7, 11) is 0. The van der Waals surface area contributed by atoms with Gasteiger partial charge in [0.2, 0.25) is 5.89 Å². The van der Waals surface area contributed by atoms with E-state index < -0.39 is 0 Å². The molecule has 1 aliphatic rings. The van der Waals surface area contributed by atoms with Crippen LogP contribution in [0.1, 0.15) is 35.6 Å². The van der Waals surface area contributed by atoms with Gasteiger partial charge in [-0.1, -0.05) is 23.2 Å². The van der Waals surface area contributed by atoms with Gasteiger partial charge in [0.15, 0.2) is 5.58 Å². The number of aryl methyl sites for hydroxylation is 1. The van der Waals surface area contributed by atoms with Crippen molar-refractivity contribution in [3.05, 3.63) is 55.2 Å². The first-order valence-corrected chi connectivity index (χ1v) is 9.02. The van der Waals surface area contributed by atoms with Crippen LogP contribution in [0, 0.1) is 6.92 Å². The van der Waals surface area contributed by atoms with Gasteiger partial charge >= 0.3 is 0 Å². The minimum absolute atomic E-state index is 0.106. The van der Waals surface area contributed by atoms with E-state index >= 15 is 0 Å². The summed E-state index contributed by atoms with van der Waals surface area (Å²) < 4.78 is 5.71. The maximum atomic E-state index is 12.4. The molecule has 0 amide bonds. The molecule has 7 heteroatoms. The molecular weight excluding hydrogens is 361 g/mol. The average Bonchev–Trinajstić information content (AvgIpc) is 3.04. The lowest BCUT2D eigenvalue weighted by Crippen LogP contribution is -2.22. The van der Waals surface area contributed by atoms with Gasteiger partial charge in [-0.25, -0.2) is 4.98 Å². The molecule has 0 fully saturated rings. The van der Waals surface area contributed by atoms with Crippen molar-refractivity contribution in [3.63, 3.8) is 0 Å². The van der Waals surface area contributed by atoms with Crippen LogP contribution < -0.4 is 10.9 Å². The molecule has 0 bridgehead atoms. The summed E-state index contributed by atoms with van der Waals surface area (Å²) in [5.41, 5.74) is 4.82. The van der Waals surface area contributed by atoms with E-state index in [4.69, 9.17) is 27.6 Å². The summed E-state index contributed by atoms with van der Waals surface area (Å²) in [5, 5.41) is 4.15. The molecule has 130 valence electrons. The van der Waals surface area contributed by atoms with Crippen molar-refractivity contribution in [2.75, 3.05) is 5.32 Å². The standard InChI is InChI=1S/C18H17Cl2N3O2/c1-9-10-4-2-3-5-11(10)15(18(24)22-9)21-8-14-23-16-12(19)6-7-13(20)17(16)25-14/h6-7,21H,2-5,8H2,1H3,(H,22,24). The summed E-state index contributed by atoms with van der Waals surface area (Å²) in [4.78, 5) is 19.7. The molecule has 25 heavy (non-hydrogen) atoms. The van der Waals surface area contributed by atoms with Crippen LogP contribution in [0.3, 0.4) is 0 Å². The van der Waals surface area contributed by atoms with E-state index in [1.807, 2.05) is 6.92 Å². The smallest absolute Gasteiger partial charge is 0.271 e. The molecule has 0 saturated carbocycles. The van der Waals surface area contributed by atoms with Crippen molar-refractivity contribution in [2.24, 2.45) is 0 Å². The Morgan fingerprint density at radius 2 is 1.92 bits per heavy atom. The number of aromatic amines is 1. The third-order valence-corrected chi connectivity index (χ3v) is 5.26. The topological polar surface area (TPSA) is 70.9 Å². The Hall–Kier alpha value is -1.98.